The molecule has 6 heteroatoms. The zero-order valence-corrected chi connectivity index (χ0v) is 10.7. The molecule has 0 atom stereocenters. The molecule has 2 rings (SSSR count). The van der Waals surface area contributed by atoms with Gasteiger partial charge in [0.2, 0.25) is 0 Å². The molecule has 1 aliphatic heterocycles. The Bertz CT molecular complexity index is 490. The van der Waals surface area contributed by atoms with Crippen LogP contribution in [0.4, 0.5) is 10.5 Å². The largest absolute Gasteiger partial charge is 0.465 e. The standard InChI is InChI=1S/C12H13ClN2O3/c1-2-18-11(16)7-15-6-8-9(13)4-3-5-10(8)14-12(15)17/h3-5H,2,6-7H2,1H3,(H,14,17). The van der Waals surface area contributed by atoms with Gasteiger partial charge in [-0.2, -0.15) is 0 Å². The van der Waals surface area contributed by atoms with Crippen molar-refractivity contribution in [1.82, 2.24) is 4.90 Å². The number of hydrogen-bond donors (Lipinski definition) is 1. The molecule has 1 heterocycles. The van der Waals surface area contributed by atoms with E-state index in [1.807, 2.05) is 0 Å². The SMILES string of the molecule is CCOC(=O)CN1Cc2c(Cl)cccc2NC1=O. The molecule has 1 N–H and O–H groups in total. The number of nitrogens with one attached hydrogen (secondary N) is 1. The van der Waals surface area contributed by atoms with Crippen LogP contribution in [0.25, 0.3) is 0 Å². The maximum atomic E-state index is 11.8. The third-order valence-electron chi connectivity index (χ3n) is 2.62. The van der Waals surface area contributed by atoms with E-state index in [0.717, 1.165) is 5.56 Å². The van der Waals surface area contributed by atoms with Gasteiger partial charge in [-0.25, -0.2) is 4.79 Å². The Balaban J connectivity index is 2.15. The van der Waals surface area contributed by atoms with Crippen LogP contribution in [0.5, 0.6) is 0 Å². The van der Waals surface area contributed by atoms with Crippen molar-refractivity contribution in [2.24, 2.45) is 0 Å². The Kier molecular flexibility index (Phi) is 3.72. The molecule has 1 aliphatic rings. The number of carbonyl (C=O) groups is 2. The van der Waals surface area contributed by atoms with E-state index >= 15 is 0 Å². The van der Waals surface area contributed by atoms with E-state index in [4.69, 9.17) is 16.3 Å². The number of ether oxygens (including phenoxy) is 1. The van der Waals surface area contributed by atoms with Crippen molar-refractivity contribution in [3.05, 3.63) is 28.8 Å². The fourth-order valence-corrected chi connectivity index (χ4v) is 2.02. The van der Waals surface area contributed by atoms with E-state index in [1.165, 1.54) is 4.90 Å². The predicted octanol–water partition coefficient (Wildman–Crippen LogP) is 2.25. The van der Waals surface area contributed by atoms with Crippen LogP contribution in [0.2, 0.25) is 5.02 Å². The first-order valence-electron chi connectivity index (χ1n) is 5.60. The molecule has 0 spiro atoms. The van der Waals surface area contributed by atoms with Crippen molar-refractivity contribution in [1.29, 1.82) is 0 Å². The Morgan fingerprint density at radius 2 is 2.33 bits per heavy atom. The monoisotopic (exact) mass is 268 g/mol. The number of benzene rings is 1. The topological polar surface area (TPSA) is 58.6 Å². The molecular weight excluding hydrogens is 256 g/mol. The number of carbonyl (C=O) groups excluding carboxylic acids is 2. The molecule has 1 aromatic rings. The van der Waals surface area contributed by atoms with E-state index in [9.17, 15) is 9.59 Å². The lowest BCUT2D eigenvalue weighted by molar-refractivity contribution is -0.143. The van der Waals surface area contributed by atoms with Gasteiger partial charge < -0.3 is 15.0 Å². The quantitative estimate of drug-likeness (QED) is 0.856. The molecule has 0 unspecified atom stereocenters. The molecule has 0 saturated heterocycles. The molecule has 96 valence electrons. The first-order chi connectivity index (χ1) is 8.61. The minimum atomic E-state index is -0.428. The summed E-state index contributed by atoms with van der Waals surface area (Å²) in [5, 5.41) is 3.26. The minimum Gasteiger partial charge on any atom is -0.465 e. The Hall–Kier alpha value is -1.75. The van der Waals surface area contributed by atoms with Crippen LogP contribution in [0.15, 0.2) is 18.2 Å². The summed E-state index contributed by atoms with van der Waals surface area (Å²) in [5.41, 5.74) is 1.50. The number of anilines is 1. The number of nitrogens with zero attached hydrogens (tertiary/aromatic N) is 1. The summed E-state index contributed by atoms with van der Waals surface area (Å²) in [7, 11) is 0. The minimum absolute atomic E-state index is 0.0790. The van der Waals surface area contributed by atoms with Crippen molar-refractivity contribution >= 4 is 29.3 Å². The van der Waals surface area contributed by atoms with Crippen LogP contribution in [0.3, 0.4) is 0 Å². The second-order valence-electron chi connectivity index (χ2n) is 3.86. The van der Waals surface area contributed by atoms with Crippen LogP contribution in [0.1, 0.15) is 12.5 Å². The predicted molar refractivity (Wildman–Crippen MR) is 67.5 cm³/mol. The summed E-state index contributed by atoms with van der Waals surface area (Å²) in [4.78, 5) is 24.5. The van der Waals surface area contributed by atoms with Crippen LogP contribution < -0.4 is 5.32 Å². The lowest BCUT2D eigenvalue weighted by Gasteiger charge is -2.29. The third-order valence-corrected chi connectivity index (χ3v) is 2.98. The fourth-order valence-electron chi connectivity index (χ4n) is 1.78. The van der Waals surface area contributed by atoms with Gasteiger partial charge in [-0.3, -0.25) is 4.79 Å². The van der Waals surface area contributed by atoms with Crippen LogP contribution in [-0.4, -0.2) is 30.1 Å². The maximum Gasteiger partial charge on any atom is 0.325 e. The number of fused-ring (bicyclic) bond motifs is 1. The average molecular weight is 269 g/mol. The highest BCUT2D eigenvalue weighted by Gasteiger charge is 2.26. The summed E-state index contributed by atoms with van der Waals surface area (Å²) in [6.45, 7) is 2.25. The summed E-state index contributed by atoms with van der Waals surface area (Å²) < 4.78 is 4.82. The molecule has 0 aromatic heterocycles. The van der Waals surface area contributed by atoms with Gasteiger partial charge in [0.05, 0.1) is 13.2 Å². The van der Waals surface area contributed by atoms with Crippen molar-refractivity contribution in [3.8, 4) is 0 Å². The van der Waals surface area contributed by atoms with Gasteiger partial charge >= 0.3 is 12.0 Å². The normalized spacial score (nSPS) is 13.9. The van der Waals surface area contributed by atoms with Gasteiger partial charge in [-0.1, -0.05) is 17.7 Å². The van der Waals surface area contributed by atoms with Gasteiger partial charge in [-0.15, -0.1) is 0 Å². The van der Waals surface area contributed by atoms with Gasteiger partial charge in [0.25, 0.3) is 0 Å². The van der Waals surface area contributed by atoms with Crippen molar-refractivity contribution < 1.29 is 14.3 Å². The van der Waals surface area contributed by atoms with E-state index in [0.29, 0.717) is 23.9 Å². The number of halogens is 1. The molecule has 0 saturated carbocycles. The first-order valence-corrected chi connectivity index (χ1v) is 5.98. The van der Waals surface area contributed by atoms with Crippen LogP contribution in [-0.2, 0) is 16.1 Å². The van der Waals surface area contributed by atoms with E-state index in [-0.39, 0.29) is 12.6 Å². The van der Waals surface area contributed by atoms with Crippen LogP contribution >= 0.6 is 11.6 Å². The van der Waals surface area contributed by atoms with Gasteiger partial charge in [-0.05, 0) is 19.1 Å². The molecular formula is C12H13ClN2O3. The molecule has 1 aromatic carbocycles. The molecule has 2 amide bonds. The highest BCUT2D eigenvalue weighted by Crippen LogP contribution is 2.29. The highest BCUT2D eigenvalue weighted by molar-refractivity contribution is 6.32. The molecule has 5 nitrogen and oxygen atoms in total. The van der Waals surface area contributed by atoms with Crippen molar-refractivity contribution in [2.45, 2.75) is 13.5 Å². The molecule has 0 bridgehead atoms. The molecule has 0 radical (unpaired) electrons. The zero-order valence-electron chi connectivity index (χ0n) is 9.90. The second-order valence-corrected chi connectivity index (χ2v) is 4.26. The summed E-state index contributed by atoms with van der Waals surface area (Å²) >= 11 is 6.06. The molecule has 18 heavy (non-hydrogen) atoms. The Morgan fingerprint density at radius 3 is 3.06 bits per heavy atom. The Labute approximate surface area is 110 Å². The summed E-state index contributed by atoms with van der Waals surface area (Å²) in [6.07, 6.45) is 0. The summed E-state index contributed by atoms with van der Waals surface area (Å²) in [5.74, 6) is -0.428. The number of amides is 2. The number of urea groups is 1. The Morgan fingerprint density at radius 1 is 1.56 bits per heavy atom. The van der Waals surface area contributed by atoms with Gasteiger partial charge in [0.15, 0.2) is 0 Å². The maximum absolute atomic E-state index is 11.8. The van der Waals surface area contributed by atoms with Crippen LogP contribution in [0, 0.1) is 0 Å². The number of rotatable bonds is 3. The number of hydrogen-bond acceptors (Lipinski definition) is 3. The zero-order chi connectivity index (χ0) is 13.1. The van der Waals surface area contributed by atoms with Crippen molar-refractivity contribution in [2.75, 3.05) is 18.5 Å². The van der Waals surface area contributed by atoms with Crippen molar-refractivity contribution in [3.63, 3.8) is 0 Å². The van der Waals surface area contributed by atoms with E-state index in [1.54, 1.807) is 25.1 Å². The van der Waals surface area contributed by atoms with E-state index < -0.39 is 5.97 Å². The third kappa shape index (κ3) is 2.56. The first kappa shape index (κ1) is 12.7. The fraction of sp³-hybridized carbons (Fsp3) is 0.333. The van der Waals surface area contributed by atoms with Gasteiger partial charge in [0.1, 0.15) is 6.54 Å². The average Bonchev–Trinajstić information content (AvgIpc) is 2.31. The molecule has 0 fully saturated rings. The second kappa shape index (κ2) is 5.27. The highest BCUT2D eigenvalue weighted by atomic mass is 35.5. The lowest BCUT2D eigenvalue weighted by Crippen LogP contribution is -2.42. The lowest BCUT2D eigenvalue weighted by atomic mass is 10.1. The van der Waals surface area contributed by atoms with E-state index in [2.05, 4.69) is 5.32 Å². The van der Waals surface area contributed by atoms with Gasteiger partial charge in [0, 0.05) is 16.3 Å². The molecule has 0 aliphatic carbocycles. The smallest absolute Gasteiger partial charge is 0.325 e. The summed E-state index contributed by atoms with van der Waals surface area (Å²) in [6, 6.07) is 4.97. The number of esters is 1.